The quantitative estimate of drug-likeness (QED) is 0.124. The van der Waals surface area contributed by atoms with Gasteiger partial charge < -0.3 is 13.8 Å². The number of fused-ring (bicyclic) bond motifs is 9. The zero-order chi connectivity index (χ0) is 40.9. The highest BCUT2D eigenvalue weighted by Crippen LogP contribution is 2.50. The molecule has 0 aliphatic carbocycles. The van der Waals surface area contributed by atoms with Crippen LogP contribution in [0.3, 0.4) is 0 Å². The topological polar surface area (TPSA) is 21.3 Å². The van der Waals surface area contributed by atoms with E-state index in [1.165, 1.54) is 77.5 Å². The minimum absolute atomic E-state index is 0.00133. The van der Waals surface area contributed by atoms with Crippen molar-refractivity contribution in [1.29, 1.82) is 0 Å². The minimum atomic E-state index is -0.146. The first kappa shape index (κ1) is 35.0. The van der Waals surface area contributed by atoms with Crippen LogP contribution in [0.25, 0.3) is 72.0 Å². The Bertz CT molecular complexity index is 3480. The summed E-state index contributed by atoms with van der Waals surface area (Å²) in [6.45, 7) is 2.02. The van der Waals surface area contributed by atoms with Gasteiger partial charge in [-0.2, -0.15) is 0 Å². The number of anilines is 2. The van der Waals surface area contributed by atoms with Crippen molar-refractivity contribution in [2.45, 2.75) is 12.8 Å². The van der Waals surface area contributed by atoms with Crippen LogP contribution in [0.2, 0.25) is 0 Å². The van der Waals surface area contributed by atoms with Crippen LogP contribution < -0.4 is 15.7 Å². The molecule has 0 spiro atoms. The molecule has 4 heterocycles. The SMILES string of the molecule is Cc1ccc(N2B3c4cc5oc(-c6ccccc6)c(-c6ccccc6)c5cc4-n4c5ccccc5c5c(C(c6ccccc6)c6ccccc6)cc(c3c54)-c3ccccc32)cc1. The molecule has 0 radical (unpaired) electrons. The van der Waals surface area contributed by atoms with E-state index in [1.807, 2.05) is 0 Å². The molecule has 2 aromatic heterocycles. The van der Waals surface area contributed by atoms with E-state index in [-0.39, 0.29) is 12.8 Å². The summed E-state index contributed by atoms with van der Waals surface area (Å²) < 4.78 is 9.72. The van der Waals surface area contributed by atoms with Gasteiger partial charge in [-0.1, -0.05) is 175 Å². The molecule has 3 nitrogen and oxygen atoms in total. The second-order valence-corrected chi connectivity index (χ2v) is 16.8. The molecule has 0 saturated heterocycles. The van der Waals surface area contributed by atoms with E-state index in [0.29, 0.717) is 0 Å². The standard InChI is InChI=1S/C58H39BN2O/c1-37-30-32-42(33-31-37)61-50-29-17-14-26-43(50)45-34-47(53(38-18-6-2-7-19-38)39-20-8-3-9-21-39)55-44-27-15-16-28-49(44)60-51-35-46-52(36-48(51)59(61)56(45)57(55)60)62-58(41-24-12-5-13-25-41)54(46)40-22-10-4-11-23-40/h2-36,53H,1H3. The lowest BCUT2D eigenvalue weighted by atomic mass is 9.43. The molecule has 0 unspecified atom stereocenters. The maximum Gasteiger partial charge on any atom is 0.333 e. The summed E-state index contributed by atoms with van der Waals surface area (Å²) in [5.41, 5.74) is 20.3. The molecule has 11 aromatic rings. The lowest BCUT2D eigenvalue weighted by Gasteiger charge is -2.42. The van der Waals surface area contributed by atoms with Crippen molar-refractivity contribution in [3.05, 3.63) is 235 Å². The Labute approximate surface area is 360 Å². The number of furan rings is 1. The Hall–Kier alpha value is -7.82. The number of rotatable bonds is 6. The molecule has 0 saturated carbocycles. The van der Waals surface area contributed by atoms with Gasteiger partial charge in [0.15, 0.2) is 0 Å². The van der Waals surface area contributed by atoms with Gasteiger partial charge in [0.05, 0.1) is 11.0 Å². The van der Waals surface area contributed by atoms with E-state index in [9.17, 15) is 0 Å². The molecule has 290 valence electrons. The molecule has 0 fully saturated rings. The fraction of sp³-hybridized carbons (Fsp3) is 0.0345. The van der Waals surface area contributed by atoms with E-state index in [1.54, 1.807) is 0 Å². The summed E-state index contributed by atoms with van der Waals surface area (Å²) in [5, 5.41) is 3.66. The van der Waals surface area contributed by atoms with Gasteiger partial charge in [-0.15, -0.1) is 0 Å². The zero-order valence-electron chi connectivity index (χ0n) is 34.2. The van der Waals surface area contributed by atoms with Crippen molar-refractivity contribution in [3.63, 3.8) is 0 Å². The van der Waals surface area contributed by atoms with Crippen LogP contribution in [0, 0.1) is 6.92 Å². The Kier molecular flexibility index (Phi) is 7.68. The maximum atomic E-state index is 7.12. The van der Waals surface area contributed by atoms with Crippen LogP contribution in [-0.2, 0) is 0 Å². The predicted molar refractivity (Wildman–Crippen MR) is 259 cm³/mol. The van der Waals surface area contributed by atoms with E-state index >= 15 is 0 Å². The molecule has 0 N–H and O–H groups in total. The smallest absolute Gasteiger partial charge is 0.333 e. The fourth-order valence-corrected chi connectivity index (χ4v) is 10.8. The number of aromatic nitrogens is 1. The molecule has 0 atom stereocenters. The van der Waals surface area contributed by atoms with Gasteiger partial charge in [0, 0.05) is 55.8 Å². The predicted octanol–water partition coefficient (Wildman–Crippen LogP) is 13.6. The Balaban J connectivity index is 1.22. The molecular formula is C58H39BN2O. The lowest BCUT2D eigenvalue weighted by Crippen LogP contribution is -2.60. The molecule has 9 aromatic carbocycles. The minimum Gasteiger partial charge on any atom is -0.455 e. The fourth-order valence-electron chi connectivity index (χ4n) is 10.8. The highest BCUT2D eigenvalue weighted by atomic mass is 16.3. The van der Waals surface area contributed by atoms with Crippen molar-refractivity contribution in [2.75, 3.05) is 4.81 Å². The van der Waals surface area contributed by atoms with Gasteiger partial charge in [-0.25, -0.2) is 0 Å². The maximum absolute atomic E-state index is 7.12. The van der Waals surface area contributed by atoms with Crippen molar-refractivity contribution in [3.8, 4) is 39.3 Å². The molecule has 4 heteroatoms. The van der Waals surface area contributed by atoms with Crippen LogP contribution in [0.1, 0.15) is 28.2 Å². The van der Waals surface area contributed by atoms with Crippen LogP contribution in [0.5, 0.6) is 0 Å². The van der Waals surface area contributed by atoms with E-state index in [0.717, 1.165) is 39.1 Å². The average molecular weight is 791 g/mol. The normalized spacial score (nSPS) is 12.7. The number of nitrogens with zero attached hydrogens (tertiary/aromatic N) is 2. The monoisotopic (exact) mass is 790 g/mol. The summed E-state index contributed by atoms with van der Waals surface area (Å²) in [5.74, 6) is 0.883. The van der Waals surface area contributed by atoms with E-state index < -0.39 is 0 Å². The summed E-state index contributed by atoms with van der Waals surface area (Å²) in [6, 6.07) is 78.0. The molecule has 0 amide bonds. The van der Waals surface area contributed by atoms with Gasteiger partial charge in [0.25, 0.3) is 0 Å². The van der Waals surface area contributed by atoms with Gasteiger partial charge >= 0.3 is 6.85 Å². The Morgan fingerprint density at radius 2 is 1.13 bits per heavy atom. The molecule has 2 aliphatic heterocycles. The highest BCUT2D eigenvalue weighted by Gasteiger charge is 2.45. The lowest BCUT2D eigenvalue weighted by molar-refractivity contribution is 0.632. The van der Waals surface area contributed by atoms with Crippen molar-refractivity contribution in [2.24, 2.45) is 0 Å². The summed E-state index contributed by atoms with van der Waals surface area (Å²) in [6.07, 6.45) is 0. The zero-order valence-corrected chi connectivity index (χ0v) is 34.2. The Morgan fingerprint density at radius 1 is 0.516 bits per heavy atom. The number of aryl methyl sites for hydroxylation is 1. The molecule has 0 bridgehead atoms. The van der Waals surface area contributed by atoms with Crippen LogP contribution in [0.15, 0.2) is 217 Å². The van der Waals surface area contributed by atoms with Gasteiger partial charge in [0.1, 0.15) is 11.3 Å². The number of hydrogen-bond donors (Lipinski definition) is 0. The number of para-hydroxylation sites is 2. The molecule has 62 heavy (non-hydrogen) atoms. The summed E-state index contributed by atoms with van der Waals surface area (Å²) in [4.78, 5) is 2.59. The molecule has 2 aliphatic rings. The first-order valence-corrected chi connectivity index (χ1v) is 21.6. The number of hydrogen-bond acceptors (Lipinski definition) is 2. The van der Waals surface area contributed by atoms with Gasteiger partial charge in [-0.3, -0.25) is 0 Å². The van der Waals surface area contributed by atoms with Gasteiger partial charge in [0.2, 0.25) is 0 Å². The largest absolute Gasteiger partial charge is 0.455 e. The first-order valence-electron chi connectivity index (χ1n) is 21.6. The molecular weight excluding hydrogens is 751 g/mol. The van der Waals surface area contributed by atoms with Crippen LogP contribution >= 0.6 is 0 Å². The molecule has 13 rings (SSSR count). The Morgan fingerprint density at radius 3 is 1.84 bits per heavy atom. The summed E-state index contributed by atoms with van der Waals surface area (Å²) in [7, 11) is 0. The third kappa shape index (κ3) is 5.07. The van der Waals surface area contributed by atoms with E-state index in [2.05, 4.69) is 229 Å². The van der Waals surface area contributed by atoms with Crippen LogP contribution in [0.4, 0.5) is 11.4 Å². The number of benzene rings is 9. The van der Waals surface area contributed by atoms with Gasteiger partial charge in [-0.05, 0) is 88.1 Å². The third-order valence-electron chi connectivity index (χ3n) is 13.4. The third-order valence-corrected chi connectivity index (χ3v) is 13.4. The van der Waals surface area contributed by atoms with E-state index in [4.69, 9.17) is 4.42 Å². The summed E-state index contributed by atoms with van der Waals surface area (Å²) >= 11 is 0. The van der Waals surface area contributed by atoms with Crippen molar-refractivity contribution >= 4 is 61.9 Å². The second kappa shape index (κ2) is 13.6. The van der Waals surface area contributed by atoms with Crippen LogP contribution in [-0.4, -0.2) is 11.4 Å². The second-order valence-electron chi connectivity index (χ2n) is 16.8. The van der Waals surface area contributed by atoms with Crippen molar-refractivity contribution in [1.82, 2.24) is 4.57 Å². The highest BCUT2D eigenvalue weighted by molar-refractivity contribution is 6.94. The first-order chi connectivity index (χ1) is 30.7. The average Bonchev–Trinajstić information content (AvgIpc) is 3.89. The van der Waals surface area contributed by atoms with Crippen molar-refractivity contribution < 1.29 is 4.42 Å².